The van der Waals surface area contributed by atoms with Crippen molar-refractivity contribution in [2.24, 2.45) is 0 Å². The number of hydrogen-bond acceptors (Lipinski definition) is 4. The van der Waals surface area contributed by atoms with Crippen molar-refractivity contribution in [1.82, 2.24) is 9.62 Å². The molecule has 0 aliphatic carbocycles. The smallest absolute Gasteiger partial charge is 0.216 e. The maximum absolute atomic E-state index is 12.2. The topological polar surface area (TPSA) is 66.5 Å². The Morgan fingerprint density at radius 1 is 1.30 bits per heavy atom. The fourth-order valence-electron chi connectivity index (χ4n) is 2.82. The van der Waals surface area contributed by atoms with Crippen LogP contribution in [0.3, 0.4) is 0 Å². The lowest BCUT2D eigenvalue weighted by molar-refractivity contribution is 0.0969. The number of nitrogens with one attached hydrogen (secondary N) is 1. The molecule has 23 heavy (non-hydrogen) atoms. The third kappa shape index (κ3) is 5.12. The number of benzene rings is 1. The average molecular weight is 338 g/mol. The predicted octanol–water partition coefficient (Wildman–Crippen LogP) is 1.97. The average Bonchev–Trinajstić information content (AvgIpc) is 2.94. The second-order valence-electron chi connectivity index (χ2n) is 6.57. The van der Waals surface area contributed by atoms with Crippen LogP contribution in [0.4, 0.5) is 0 Å². The monoisotopic (exact) mass is 338 g/mol. The molecule has 1 heterocycles. The fraction of sp³-hybridized carbons (Fsp3) is 0.588. The molecule has 0 amide bonds. The summed E-state index contributed by atoms with van der Waals surface area (Å²) in [6, 6.07) is 7.48. The fourth-order valence-corrected chi connectivity index (χ4v) is 4.49. The van der Waals surface area contributed by atoms with E-state index in [2.05, 4.69) is 9.62 Å². The van der Waals surface area contributed by atoms with Crippen molar-refractivity contribution >= 4 is 15.8 Å². The number of Topliss-reactive ketones (excluding diaryl/α,β-unsaturated/α-hetero) is 1. The van der Waals surface area contributed by atoms with Gasteiger partial charge in [0.05, 0.1) is 5.25 Å². The number of aryl methyl sites for hydroxylation is 1. The van der Waals surface area contributed by atoms with E-state index in [1.165, 1.54) is 0 Å². The lowest BCUT2D eigenvalue weighted by atomic mass is 10.1. The number of sulfonamides is 1. The zero-order valence-electron chi connectivity index (χ0n) is 14.1. The van der Waals surface area contributed by atoms with Crippen molar-refractivity contribution in [1.29, 1.82) is 0 Å². The van der Waals surface area contributed by atoms with Crippen LogP contribution < -0.4 is 4.72 Å². The molecule has 0 radical (unpaired) electrons. The second-order valence-corrected chi connectivity index (χ2v) is 8.56. The second kappa shape index (κ2) is 7.55. The third-order valence-electron chi connectivity index (χ3n) is 4.10. The molecule has 6 heteroatoms. The van der Waals surface area contributed by atoms with Gasteiger partial charge in [0.15, 0.2) is 5.78 Å². The summed E-state index contributed by atoms with van der Waals surface area (Å²) in [4.78, 5) is 14.2. The van der Waals surface area contributed by atoms with Gasteiger partial charge < -0.3 is 4.90 Å². The van der Waals surface area contributed by atoms with Gasteiger partial charge in [-0.15, -0.1) is 0 Å². The summed E-state index contributed by atoms with van der Waals surface area (Å²) < 4.78 is 27.0. The number of rotatable bonds is 7. The van der Waals surface area contributed by atoms with Gasteiger partial charge in [-0.25, -0.2) is 13.1 Å². The molecule has 0 saturated carbocycles. The Kier molecular flexibility index (Phi) is 5.95. The maximum Gasteiger partial charge on any atom is 0.216 e. The quantitative estimate of drug-likeness (QED) is 0.772. The van der Waals surface area contributed by atoms with Crippen LogP contribution in [0.2, 0.25) is 0 Å². The molecule has 0 spiro atoms. The maximum atomic E-state index is 12.2. The Bertz CT molecular complexity index is 638. The van der Waals surface area contributed by atoms with Crippen LogP contribution in [0.25, 0.3) is 0 Å². The highest BCUT2D eigenvalue weighted by Crippen LogP contribution is 2.17. The number of hydrogen-bond donors (Lipinski definition) is 1. The Morgan fingerprint density at radius 2 is 1.96 bits per heavy atom. The standard InChI is InChI=1S/C17H26N2O3S/c1-13(2)18-23(21,22)16-8-10-19(12-16)11-9-17(20)15-6-4-14(3)5-7-15/h4-7,13,16,18H,8-12H2,1-3H3. The van der Waals surface area contributed by atoms with E-state index in [1.807, 2.05) is 45.0 Å². The first kappa shape index (κ1) is 18.1. The van der Waals surface area contributed by atoms with Crippen molar-refractivity contribution in [3.8, 4) is 0 Å². The summed E-state index contributed by atoms with van der Waals surface area (Å²) >= 11 is 0. The van der Waals surface area contributed by atoms with Crippen molar-refractivity contribution in [2.45, 2.75) is 44.9 Å². The van der Waals surface area contributed by atoms with Gasteiger partial charge in [-0.3, -0.25) is 4.79 Å². The van der Waals surface area contributed by atoms with E-state index >= 15 is 0 Å². The lowest BCUT2D eigenvalue weighted by Crippen LogP contribution is -2.40. The van der Waals surface area contributed by atoms with E-state index in [-0.39, 0.29) is 17.1 Å². The van der Waals surface area contributed by atoms with Gasteiger partial charge in [0.2, 0.25) is 10.0 Å². The molecule has 1 aromatic rings. The predicted molar refractivity (Wildman–Crippen MR) is 92.2 cm³/mol. The van der Waals surface area contributed by atoms with Crippen LogP contribution in [0.5, 0.6) is 0 Å². The summed E-state index contributed by atoms with van der Waals surface area (Å²) in [5.74, 6) is 0.108. The zero-order valence-corrected chi connectivity index (χ0v) is 14.9. The van der Waals surface area contributed by atoms with Crippen LogP contribution >= 0.6 is 0 Å². The highest BCUT2D eigenvalue weighted by atomic mass is 32.2. The number of nitrogens with zero attached hydrogens (tertiary/aromatic N) is 1. The molecule has 1 atom stereocenters. The van der Waals surface area contributed by atoms with Gasteiger partial charge in [0.1, 0.15) is 0 Å². The minimum Gasteiger partial charge on any atom is -0.301 e. The van der Waals surface area contributed by atoms with Crippen LogP contribution in [0.15, 0.2) is 24.3 Å². The molecule has 0 bridgehead atoms. The van der Waals surface area contributed by atoms with E-state index in [0.717, 1.165) is 17.7 Å². The molecule has 0 aromatic heterocycles. The van der Waals surface area contributed by atoms with Crippen LogP contribution in [-0.2, 0) is 10.0 Å². The summed E-state index contributed by atoms with van der Waals surface area (Å²) in [7, 11) is -3.26. The van der Waals surface area contributed by atoms with Crippen molar-refractivity contribution in [2.75, 3.05) is 19.6 Å². The Labute approximate surface area is 139 Å². The first-order valence-electron chi connectivity index (χ1n) is 8.11. The van der Waals surface area contributed by atoms with Gasteiger partial charge >= 0.3 is 0 Å². The summed E-state index contributed by atoms with van der Waals surface area (Å²) in [6.45, 7) is 7.48. The van der Waals surface area contributed by atoms with Gasteiger partial charge in [-0.2, -0.15) is 0 Å². The van der Waals surface area contributed by atoms with E-state index in [4.69, 9.17) is 0 Å². The first-order valence-corrected chi connectivity index (χ1v) is 9.66. The Balaban J connectivity index is 1.84. The molecular weight excluding hydrogens is 312 g/mol. The molecule has 128 valence electrons. The highest BCUT2D eigenvalue weighted by molar-refractivity contribution is 7.90. The van der Waals surface area contributed by atoms with Crippen LogP contribution in [0, 0.1) is 6.92 Å². The van der Waals surface area contributed by atoms with Crippen molar-refractivity contribution in [3.05, 3.63) is 35.4 Å². The summed E-state index contributed by atoms with van der Waals surface area (Å²) in [6.07, 6.45) is 1.05. The van der Waals surface area contributed by atoms with Gasteiger partial charge in [0.25, 0.3) is 0 Å². The molecule has 5 nitrogen and oxygen atoms in total. The third-order valence-corrected chi connectivity index (χ3v) is 6.16. The Morgan fingerprint density at radius 3 is 2.57 bits per heavy atom. The van der Waals surface area contributed by atoms with Crippen molar-refractivity contribution in [3.63, 3.8) is 0 Å². The molecule has 1 fully saturated rings. The molecule has 1 aliphatic rings. The molecule has 1 N–H and O–H groups in total. The van der Waals surface area contributed by atoms with E-state index < -0.39 is 10.0 Å². The van der Waals surface area contributed by atoms with Gasteiger partial charge in [-0.05, 0) is 33.7 Å². The van der Waals surface area contributed by atoms with E-state index in [9.17, 15) is 13.2 Å². The van der Waals surface area contributed by atoms with Crippen molar-refractivity contribution < 1.29 is 13.2 Å². The molecular formula is C17H26N2O3S. The SMILES string of the molecule is Cc1ccc(C(=O)CCN2CCC(S(=O)(=O)NC(C)C)C2)cc1. The van der Waals surface area contributed by atoms with Gasteiger partial charge in [-0.1, -0.05) is 29.8 Å². The van der Waals surface area contributed by atoms with Gasteiger partial charge in [0, 0.05) is 31.1 Å². The molecule has 1 unspecified atom stereocenters. The van der Waals surface area contributed by atoms with Crippen LogP contribution in [-0.4, -0.2) is 50.0 Å². The van der Waals surface area contributed by atoms with E-state index in [0.29, 0.717) is 25.9 Å². The largest absolute Gasteiger partial charge is 0.301 e. The first-order chi connectivity index (χ1) is 10.8. The van der Waals surface area contributed by atoms with Crippen LogP contribution in [0.1, 0.15) is 42.6 Å². The number of likely N-dealkylation sites (tertiary alicyclic amines) is 1. The number of carbonyl (C=O) groups is 1. The molecule has 2 rings (SSSR count). The van der Waals surface area contributed by atoms with E-state index in [1.54, 1.807) is 0 Å². The lowest BCUT2D eigenvalue weighted by Gasteiger charge is -2.17. The summed E-state index contributed by atoms with van der Waals surface area (Å²) in [5, 5.41) is -0.376. The molecule has 1 saturated heterocycles. The minimum absolute atomic E-state index is 0.0860. The molecule has 1 aromatic carbocycles. The highest BCUT2D eigenvalue weighted by Gasteiger charge is 2.33. The zero-order chi connectivity index (χ0) is 17.0. The normalized spacial score (nSPS) is 19.4. The Hall–Kier alpha value is -1.24. The summed E-state index contributed by atoms with van der Waals surface area (Å²) in [5.41, 5.74) is 1.85. The molecule has 1 aliphatic heterocycles. The number of carbonyl (C=O) groups excluding carboxylic acids is 1. The minimum atomic E-state index is -3.26. The number of ketones is 1.